The summed E-state index contributed by atoms with van der Waals surface area (Å²) in [6.07, 6.45) is 1.08. The van der Waals surface area contributed by atoms with E-state index < -0.39 is 0 Å². The summed E-state index contributed by atoms with van der Waals surface area (Å²) in [6, 6.07) is 0. The zero-order valence-corrected chi connectivity index (χ0v) is 9.39. The fourth-order valence-corrected chi connectivity index (χ4v) is 1.08. The van der Waals surface area contributed by atoms with Gasteiger partial charge in [0.05, 0.1) is 0 Å². The monoisotopic (exact) mass is 162 g/mol. The lowest BCUT2D eigenvalue weighted by molar-refractivity contribution is -0.138. The van der Waals surface area contributed by atoms with Crippen LogP contribution in [0, 0.1) is 0 Å². The van der Waals surface area contributed by atoms with E-state index in [1.165, 1.54) is 0 Å². The third kappa shape index (κ3) is 4.96. The highest BCUT2D eigenvalue weighted by Gasteiger charge is 2.04. The third-order valence-corrected chi connectivity index (χ3v) is 2.49. The van der Waals surface area contributed by atoms with Crippen LogP contribution in [-0.4, -0.2) is 28.9 Å². The lowest BCUT2D eigenvalue weighted by Gasteiger charge is -2.17. The van der Waals surface area contributed by atoms with Gasteiger partial charge in [0.15, 0.2) is 6.29 Å². The minimum absolute atomic E-state index is 0.0209. The zero-order chi connectivity index (χ0) is 7.98. The topological polar surface area (TPSA) is 18.5 Å². The molecule has 0 saturated heterocycles. The highest BCUT2D eigenvalue weighted by atomic mass is 28.1. The largest absolute Gasteiger partial charge is 0.354 e. The third-order valence-electron chi connectivity index (χ3n) is 1.40. The van der Waals surface area contributed by atoms with Crippen molar-refractivity contribution in [3.8, 4) is 0 Å². The number of rotatable bonds is 5. The van der Waals surface area contributed by atoms with Gasteiger partial charge in [0.1, 0.15) is 0 Å². The normalized spacial score (nSPS) is 17.1. The predicted octanol–water partition coefficient (Wildman–Crippen LogP) is 0.487. The standard InChI is InChI=1S/C7H18O2Si/c1-4-7(10)9-6(3)8-5-2/h6-7H,4-5H2,1-3,10H3. The van der Waals surface area contributed by atoms with Crippen molar-refractivity contribution < 1.29 is 9.47 Å². The van der Waals surface area contributed by atoms with Gasteiger partial charge in [-0.2, -0.15) is 0 Å². The van der Waals surface area contributed by atoms with E-state index in [-0.39, 0.29) is 6.29 Å². The van der Waals surface area contributed by atoms with Crippen molar-refractivity contribution in [1.29, 1.82) is 0 Å². The first-order valence-electron chi connectivity index (χ1n) is 3.97. The number of ether oxygens (including phenoxy) is 2. The average molecular weight is 162 g/mol. The second kappa shape index (κ2) is 5.89. The Labute approximate surface area is 66.3 Å². The van der Waals surface area contributed by atoms with Crippen molar-refractivity contribution in [3.05, 3.63) is 0 Å². The summed E-state index contributed by atoms with van der Waals surface area (Å²) in [5.41, 5.74) is 0.446. The molecule has 0 saturated carbocycles. The molecule has 2 nitrogen and oxygen atoms in total. The molecule has 0 rings (SSSR count). The molecule has 0 aromatic heterocycles. The van der Waals surface area contributed by atoms with Gasteiger partial charge in [0.2, 0.25) is 0 Å². The van der Waals surface area contributed by atoms with Crippen molar-refractivity contribution >= 4 is 10.2 Å². The van der Waals surface area contributed by atoms with Crippen LogP contribution in [0.3, 0.4) is 0 Å². The molecule has 0 aromatic carbocycles. The van der Waals surface area contributed by atoms with Gasteiger partial charge >= 0.3 is 0 Å². The van der Waals surface area contributed by atoms with Gasteiger partial charge in [0, 0.05) is 22.6 Å². The Morgan fingerprint density at radius 1 is 1.40 bits per heavy atom. The summed E-state index contributed by atoms with van der Waals surface area (Å²) in [5, 5.41) is 0. The molecule has 10 heavy (non-hydrogen) atoms. The molecule has 0 aliphatic heterocycles. The Balaban J connectivity index is 3.27. The molecule has 3 heteroatoms. The van der Waals surface area contributed by atoms with Crippen LogP contribution >= 0.6 is 0 Å². The first-order chi connectivity index (χ1) is 4.70. The van der Waals surface area contributed by atoms with Gasteiger partial charge in [0.25, 0.3) is 0 Å². The molecule has 0 N–H and O–H groups in total. The van der Waals surface area contributed by atoms with E-state index in [0.717, 1.165) is 23.3 Å². The van der Waals surface area contributed by atoms with Crippen LogP contribution < -0.4 is 0 Å². The van der Waals surface area contributed by atoms with E-state index >= 15 is 0 Å². The summed E-state index contributed by atoms with van der Waals surface area (Å²) in [4.78, 5) is 0. The number of hydrogen-bond donors (Lipinski definition) is 0. The molecule has 62 valence electrons. The molecular formula is C7H18O2Si. The fourth-order valence-electron chi connectivity index (χ4n) is 0.697. The van der Waals surface area contributed by atoms with Crippen LogP contribution in [0.15, 0.2) is 0 Å². The van der Waals surface area contributed by atoms with E-state index in [2.05, 4.69) is 6.92 Å². The Hall–Kier alpha value is 0.137. The Morgan fingerprint density at radius 3 is 2.40 bits per heavy atom. The lowest BCUT2D eigenvalue weighted by Crippen LogP contribution is -2.21. The number of hydrogen-bond acceptors (Lipinski definition) is 2. The summed E-state index contributed by atoms with van der Waals surface area (Å²) < 4.78 is 10.7. The molecule has 0 spiro atoms. The minimum atomic E-state index is -0.0209. The Bertz CT molecular complexity index is 78.0. The van der Waals surface area contributed by atoms with Crippen LogP contribution in [0.2, 0.25) is 0 Å². The second-order valence-electron chi connectivity index (χ2n) is 2.38. The van der Waals surface area contributed by atoms with Crippen LogP contribution in [0.1, 0.15) is 27.2 Å². The van der Waals surface area contributed by atoms with Crippen molar-refractivity contribution in [2.75, 3.05) is 6.61 Å². The Kier molecular flexibility index (Phi) is 5.97. The van der Waals surface area contributed by atoms with Crippen molar-refractivity contribution in [2.24, 2.45) is 0 Å². The van der Waals surface area contributed by atoms with E-state index in [9.17, 15) is 0 Å². The van der Waals surface area contributed by atoms with Gasteiger partial charge in [-0.1, -0.05) is 6.92 Å². The molecule has 0 aromatic rings. The van der Waals surface area contributed by atoms with Gasteiger partial charge in [-0.05, 0) is 20.3 Å². The molecule has 0 bridgehead atoms. The molecule has 0 heterocycles. The molecule has 0 aliphatic rings. The van der Waals surface area contributed by atoms with Crippen molar-refractivity contribution in [3.63, 3.8) is 0 Å². The van der Waals surface area contributed by atoms with Gasteiger partial charge in [-0.3, -0.25) is 0 Å². The maximum absolute atomic E-state index is 5.48. The minimum Gasteiger partial charge on any atom is -0.354 e. The zero-order valence-electron chi connectivity index (χ0n) is 7.39. The van der Waals surface area contributed by atoms with E-state index in [1.54, 1.807) is 0 Å². The second-order valence-corrected chi connectivity index (χ2v) is 3.67. The lowest BCUT2D eigenvalue weighted by atomic mass is 10.5. The molecule has 2 atom stereocenters. The highest BCUT2D eigenvalue weighted by molar-refractivity contribution is 6.10. The van der Waals surface area contributed by atoms with Crippen LogP contribution in [0.5, 0.6) is 0 Å². The van der Waals surface area contributed by atoms with Gasteiger partial charge in [-0.25, -0.2) is 0 Å². The average Bonchev–Trinajstić information content (AvgIpc) is 1.88. The quantitative estimate of drug-likeness (QED) is 0.432. The van der Waals surface area contributed by atoms with Crippen molar-refractivity contribution in [2.45, 2.75) is 39.2 Å². The van der Waals surface area contributed by atoms with Crippen LogP contribution in [0.25, 0.3) is 0 Å². The Morgan fingerprint density at radius 2 is 2.00 bits per heavy atom. The SMILES string of the molecule is CCOC(C)OC([SiH3])CC. The van der Waals surface area contributed by atoms with E-state index in [0.29, 0.717) is 5.73 Å². The molecular weight excluding hydrogens is 144 g/mol. The van der Waals surface area contributed by atoms with E-state index in [1.807, 2.05) is 13.8 Å². The molecule has 0 aliphatic carbocycles. The fraction of sp³-hybridized carbons (Fsp3) is 1.00. The van der Waals surface area contributed by atoms with E-state index in [4.69, 9.17) is 9.47 Å². The van der Waals surface area contributed by atoms with Gasteiger partial charge < -0.3 is 9.47 Å². The van der Waals surface area contributed by atoms with Crippen LogP contribution in [-0.2, 0) is 9.47 Å². The van der Waals surface area contributed by atoms with Crippen LogP contribution in [0.4, 0.5) is 0 Å². The molecule has 0 radical (unpaired) electrons. The maximum atomic E-state index is 5.48. The highest BCUT2D eigenvalue weighted by Crippen LogP contribution is 1.99. The predicted molar refractivity (Wildman–Crippen MR) is 46.2 cm³/mol. The first-order valence-corrected chi connectivity index (χ1v) is 5.13. The first kappa shape index (κ1) is 10.1. The maximum Gasteiger partial charge on any atom is 0.154 e. The smallest absolute Gasteiger partial charge is 0.154 e. The molecule has 2 unspecified atom stereocenters. The summed E-state index contributed by atoms with van der Waals surface area (Å²) in [5.74, 6) is 0. The summed E-state index contributed by atoms with van der Waals surface area (Å²) >= 11 is 0. The van der Waals surface area contributed by atoms with Gasteiger partial charge in [-0.15, -0.1) is 0 Å². The molecule has 0 amide bonds. The summed E-state index contributed by atoms with van der Waals surface area (Å²) in [7, 11) is 1.09. The molecule has 0 fully saturated rings. The van der Waals surface area contributed by atoms with Crippen molar-refractivity contribution in [1.82, 2.24) is 0 Å². The summed E-state index contributed by atoms with van der Waals surface area (Å²) in [6.45, 7) is 6.80.